The lowest BCUT2D eigenvalue weighted by Crippen LogP contribution is -2.28. The second-order valence-corrected chi connectivity index (χ2v) is 5.26. The van der Waals surface area contributed by atoms with E-state index in [2.05, 4.69) is 21.2 Å². The molecule has 116 valence electrons. The van der Waals surface area contributed by atoms with Crippen molar-refractivity contribution in [3.05, 3.63) is 58.3 Å². The minimum absolute atomic E-state index is 0.203. The van der Waals surface area contributed by atoms with E-state index < -0.39 is 0 Å². The van der Waals surface area contributed by atoms with Crippen LogP contribution in [0.25, 0.3) is 0 Å². The summed E-state index contributed by atoms with van der Waals surface area (Å²) in [5.74, 6) is 0.704. The van der Waals surface area contributed by atoms with Crippen LogP contribution in [-0.4, -0.2) is 26.2 Å². The number of hydrogen-bond donors (Lipinski definition) is 1. The topological polar surface area (TPSA) is 47.6 Å². The average molecular weight is 368 g/mol. The first-order valence-corrected chi connectivity index (χ1v) is 7.39. The smallest absolute Gasteiger partial charge is 0.251 e. The average Bonchev–Trinajstić information content (AvgIpc) is 2.53. The summed E-state index contributed by atoms with van der Waals surface area (Å²) in [4.78, 5) is 12.0. The van der Waals surface area contributed by atoms with E-state index in [1.165, 1.54) is 24.3 Å². The van der Waals surface area contributed by atoms with Crippen molar-refractivity contribution >= 4 is 21.8 Å². The summed E-state index contributed by atoms with van der Waals surface area (Å²) >= 11 is 3.33. The zero-order valence-electron chi connectivity index (χ0n) is 11.9. The zero-order chi connectivity index (χ0) is 15.9. The number of rotatable bonds is 6. The number of carbonyl (C=O) groups is 1. The highest BCUT2D eigenvalue weighted by molar-refractivity contribution is 9.10. The van der Waals surface area contributed by atoms with Crippen molar-refractivity contribution in [1.82, 2.24) is 5.32 Å². The Bertz CT molecular complexity index is 646. The molecule has 6 heteroatoms. The molecule has 0 radical (unpaired) electrons. The summed E-state index contributed by atoms with van der Waals surface area (Å²) in [5, 5.41) is 2.75. The fourth-order valence-electron chi connectivity index (χ4n) is 1.77. The van der Waals surface area contributed by atoms with Gasteiger partial charge in [-0.05, 0) is 58.4 Å². The van der Waals surface area contributed by atoms with Crippen molar-refractivity contribution in [3.8, 4) is 11.5 Å². The number of halogens is 2. The number of hydrogen-bond acceptors (Lipinski definition) is 3. The van der Waals surface area contributed by atoms with Gasteiger partial charge in [0.25, 0.3) is 5.91 Å². The Hall–Kier alpha value is -2.08. The first-order chi connectivity index (χ1) is 10.6. The molecular weight excluding hydrogens is 353 g/mol. The lowest BCUT2D eigenvalue weighted by atomic mass is 10.2. The van der Waals surface area contributed by atoms with Gasteiger partial charge in [-0.1, -0.05) is 0 Å². The van der Waals surface area contributed by atoms with Crippen molar-refractivity contribution < 1.29 is 18.7 Å². The van der Waals surface area contributed by atoms with Gasteiger partial charge in [0.1, 0.15) is 23.9 Å². The van der Waals surface area contributed by atoms with Crippen LogP contribution in [0.5, 0.6) is 11.5 Å². The van der Waals surface area contributed by atoms with Gasteiger partial charge in [0.15, 0.2) is 0 Å². The highest BCUT2D eigenvalue weighted by atomic mass is 79.9. The number of ether oxygens (including phenoxy) is 2. The predicted octanol–water partition coefficient (Wildman–Crippen LogP) is 3.41. The molecule has 1 amide bonds. The van der Waals surface area contributed by atoms with E-state index in [1.807, 2.05) is 0 Å². The van der Waals surface area contributed by atoms with Crippen LogP contribution in [0, 0.1) is 5.82 Å². The third-order valence-electron chi connectivity index (χ3n) is 2.88. The fraction of sp³-hybridized carbons (Fsp3) is 0.188. The van der Waals surface area contributed by atoms with Crippen LogP contribution < -0.4 is 14.8 Å². The minimum Gasteiger partial charge on any atom is -0.496 e. The molecule has 1 N–H and O–H groups in total. The van der Waals surface area contributed by atoms with Gasteiger partial charge in [0, 0.05) is 5.56 Å². The maximum Gasteiger partial charge on any atom is 0.251 e. The maximum absolute atomic E-state index is 12.7. The van der Waals surface area contributed by atoms with Gasteiger partial charge in [-0.25, -0.2) is 4.39 Å². The highest BCUT2D eigenvalue weighted by Gasteiger charge is 2.08. The molecule has 4 nitrogen and oxygen atoms in total. The summed E-state index contributed by atoms with van der Waals surface area (Å²) in [6.07, 6.45) is 0. The highest BCUT2D eigenvalue weighted by Crippen LogP contribution is 2.25. The van der Waals surface area contributed by atoms with Crippen LogP contribution in [0.3, 0.4) is 0 Å². The summed E-state index contributed by atoms with van der Waals surface area (Å²) in [5.41, 5.74) is 0.523. The standard InChI is InChI=1S/C16H15BrFNO3/c1-21-15-7-2-11(10-14(15)17)16(20)19-8-9-22-13-5-3-12(18)4-6-13/h2-7,10H,8-9H2,1H3,(H,19,20). The third-order valence-corrected chi connectivity index (χ3v) is 3.50. The van der Waals surface area contributed by atoms with Crippen LogP contribution >= 0.6 is 15.9 Å². The van der Waals surface area contributed by atoms with Crippen molar-refractivity contribution in [1.29, 1.82) is 0 Å². The van der Waals surface area contributed by atoms with Crippen molar-refractivity contribution in [2.24, 2.45) is 0 Å². The van der Waals surface area contributed by atoms with E-state index in [9.17, 15) is 9.18 Å². The molecule has 0 unspecified atom stereocenters. The Morgan fingerprint density at radius 2 is 1.95 bits per heavy atom. The molecule has 0 heterocycles. The van der Waals surface area contributed by atoms with Gasteiger partial charge in [0.05, 0.1) is 18.1 Å². The molecule has 2 rings (SSSR count). The fourth-order valence-corrected chi connectivity index (χ4v) is 2.31. The number of amides is 1. The molecule has 2 aromatic carbocycles. The van der Waals surface area contributed by atoms with E-state index >= 15 is 0 Å². The SMILES string of the molecule is COc1ccc(C(=O)NCCOc2ccc(F)cc2)cc1Br. The van der Waals surface area contributed by atoms with Crippen LogP contribution in [0.15, 0.2) is 46.9 Å². The second kappa shape index (κ2) is 7.79. The Balaban J connectivity index is 1.80. The van der Waals surface area contributed by atoms with E-state index in [0.29, 0.717) is 34.7 Å². The van der Waals surface area contributed by atoms with Crippen molar-refractivity contribution in [2.75, 3.05) is 20.3 Å². The number of carbonyl (C=O) groups excluding carboxylic acids is 1. The van der Waals surface area contributed by atoms with Gasteiger partial charge in [-0.3, -0.25) is 4.79 Å². The molecule has 0 aromatic heterocycles. The van der Waals surface area contributed by atoms with Crippen LogP contribution in [0.2, 0.25) is 0 Å². The lowest BCUT2D eigenvalue weighted by Gasteiger charge is -2.09. The Kier molecular flexibility index (Phi) is 5.77. The molecule has 0 saturated heterocycles. The number of nitrogens with one attached hydrogen (secondary N) is 1. The molecular formula is C16H15BrFNO3. The summed E-state index contributed by atoms with van der Waals surface area (Å²) in [6.45, 7) is 0.647. The van der Waals surface area contributed by atoms with Gasteiger partial charge in [0.2, 0.25) is 0 Å². The first-order valence-electron chi connectivity index (χ1n) is 6.60. The number of methoxy groups -OCH3 is 1. The first kappa shape index (κ1) is 16.3. The molecule has 0 saturated carbocycles. The molecule has 0 aliphatic rings. The molecule has 0 aliphatic carbocycles. The minimum atomic E-state index is -0.314. The molecule has 0 fully saturated rings. The Morgan fingerprint density at radius 1 is 1.23 bits per heavy atom. The van der Waals surface area contributed by atoms with E-state index in [-0.39, 0.29) is 11.7 Å². The van der Waals surface area contributed by atoms with Crippen molar-refractivity contribution in [3.63, 3.8) is 0 Å². The number of benzene rings is 2. The Morgan fingerprint density at radius 3 is 2.59 bits per heavy atom. The van der Waals surface area contributed by atoms with Crippen molar-refractivity contribution in [2.45, 2.75) is 0 Å². The summed E-state index contributed by atoms with van der Waals surface area (Å²) < 4.78 is 24.0. The van der Waals surface area contributed by atoms with E-state index in [4.69, 9.17) is 9.47 Å². The molecule has 0 atom stereocenters. The van der Waals surface area contributed by atoms with Crippen LogP contribution in [0.1, 0.15) is 10.4 Å². The second-order valence-electron chi connectivity index (χ2n) is 4.41. The molecule has 0 bridgehead atoms. The van der Waals surface area contributed by atoms with E-state index in [0.717, 1.165) is 0 Å². The van der Waals surface area contributed by atoms with Crippen LogP contribution in [0.4, 0.5) is 4.39 Å². The van der Waals surface area contributed by atoms with Gasteiger partial charge in [-0.2, -0.15) is 0 Å². The van der Waals surface area contributed by atoms with Gasteiger partial charge < -0.3 is 14.8 Å². The Labute approximate surface area is 136 Å². The van der Waals surface area contributed by atoms with Gasteiger partial charge in [-0.15, -0.1) is 0 Å². The monoisotopic (exact) mass is 367 g/mol. The molecule has 2 aromatic rings. The summed E-state index contributed by atoms with van der Waals surface area (Å²) in [6, 6.07) is 10.8. The zero-order valence-corrected chi connectivity index (χ0v) is 13.5. The quantitative estimate of drug-likeness (QED) is 0.795. The third kappa shape index (κ3) is 4.46. The van der Waals surface area contributed by atoms with Crippen LogP contribution in [-0.2, 0) is 0 Å². The van der Waals surface area contributed by atoms with E-state index in [1.54, 1.807) is 25.3 Å². The normalized spacial score (nSPS) is 10.1. The van der Waals surface area contributed by atoms with Gasteiger partial charge >= 0.3 is 0 Å². The molecule has 22 heavy (non-hydrogen) atoms. The largest absolute Gasteiger partial charge is 0.496 e. The maximum atomic E-state index is 12.7. The summed E-state index contributed by atoms with van der Waals surface area (Å²) in [7, 11) is 1.56. The molecule has 0 aliphatic heterocycles. The molecule has 0 spiro atoms. The predicted molar refractivity (Wildman–Crippen MR) is 84.9 cm³/mol. The lowest BCUT2D eigenvalue weighted by molar-refractivity contribution is 0.0947.